The highest BCUT2D eigenvalue weighted by molar-refractivity contribution is 5.95. The summed E-state index contributed by atoms with van der Waals surface area (Å²) in [6.45, 7) is 2.44. The number of nitrogens with one attached hydrogen (secondary N) is 2. The monoisotopic (exact) mass is 370 g/mol. The molecule has 2 heterocycles. The van der Waals surface area contributed by atoms with Gasteiger partial charge in [0.1, 0.15) is 5.82 Å². The minimum Gasteiger partial charge on any atom is -0.459 e. The molecule has 2 amide bonds. The van der Waals surface area contributed by atoms with Gasteiger partial charge in [0, 0.05) is 13.1 Å². The quantitative estimate of drug-likeness (QED) is 0.625. The highest BCUT2D eigenvalue weighted by Gasteiger charge is 2.17. The lowest BCUT2D eigenvalue weighted by Gasteiger charge is -2.09. The van der Waals surface area contributed by atoms with Crippen LogP contribution in [0.25, 0.3) is 5.69 Å². The molecule has 0 aliphatic rings. The fourth-order valence-corrected chi connectivity index (χ4v) is 2.65. The first-order chi connectivity index (χ1) is 13.1. The van der Waals surface area contributed by atoms with Crippen molar-refractivity contribution in [2.45, 2.75) is 13.3 Å². The van der Waals surface area contributed by atoms with Crippen LogP contribution in [0.4, 0.5) is 4.39 Å². The Bertz CT molecular complexity index is 917. The van der Waals surface area contributed by atoms with Gasteiger partial charge in [-0.1, -0.05) is 6.92 Å². The fourth-order valence-electron chi connectivity index (χ4n) is 2.65. The van der Waals surface area contributed by atoms with Gasteiger partial charge in [0.2, 0.25) is 0 Å². The Morgan fingerprint density at radius 1 is 1.11 bits per heavy atom. The lowest BCUT2D eigenvalue weighted by atomic mass is 10.2. The lowest BCUT2D eigenvalue weighted by Crippen LogP contribution is -2.34. The first kappa shape index (κ1) is 18.4. The molecule has 0 fully saturated rings. The molecule has 0 spiro atoms. The van der Waals surface area contributed by atoms with Crippen molar-refractivity contribution in [2.75, 3.05) is 13.1 Å². The molecule has 0 aliphatic heterocycles. The molecule has 0 saturated carbocycles. The SMILES string of the molecule is CCc1c(C(=O)NCCNC(=O)c2ccco2)cnn1-c1ccc(F)cc1. The van der Waals surface area contributed by atoms with Crippen LogP contribution >= 0.6 is 0 Å². The maximum atomic E-state index is 13.1. The van der Waals surface area contributed by atoms with E-state index in [4.69, 9.17) is 4.42 Å². The summed E-state index contributed by atoms with van der Waals surface area (Å²) >= 11 is 0. The Labute approximate surface area is 155 Å². The average Bonchev–Trinajstić information content (AvgIpc) is 3.35. The summed E-state index contributed by atoms with van der Waals surface area (Å²) in [7, 11) is 0. The molecule has 0 unspecified atom stereocenters. The Hall–Kier alpha value is -3.42. The van der Waals surface area contributed by atoms with E-state index in [1.54, 1.807) is 28.9 Å². The molecular formula is C19H19FN4O3. The maximum Gasteiger partial charge on any atom is 0.287 e. The molecule has 0 saturated heterocycles. The van der Waals surface area contributed by atoms with Crippen molar-refractivity contribution in [1.82, 2.24) is 20.4 Å². The number of furan rings is 1. The zero-order valence-corrected chi connectivity index (χ0v) is 14.7. The van der Waals surface area contributed by atoms with E-state index in [1.807, 2.05) is 6.92 Å². The van der Waals surface area contributed by atoms with Crippen molar-refractivity contribution in [3.63, 3.8) is 0 Å². The maximum absolute atomic E-state index is 13.1. The normalized spacial score (nSPS) is 10.6. The molecule has 1 aromatic carbocycles. The van der Waals surface area contributed by atoms with Crippen LogP contribution in [-0.2, 0) is 6.42 Å². The van der Waals surface area contributed by atoms with Gasteiger partial charge in [-0.05, 0) is 42.8 Å². The first-order valence-electron chi connectivity index (χ1n) is 8.53. The van der Waals surface area contributed by atoms with Gasteiger partial charge in [0.25, 0.3) is 11.8 Å². The third-order valence-electron chi connectivity index (χ3n) is 3.96. The number of aromatic nitrogens is 2. The van der Waals surface area contributed by atoms with E-state index >= 15 is 0 Å². The second-order valence-corrected chi connectivity index (χ2v) is 5.74. The van der Waals surface area contributed by atoms with Gasteiger partial charge in [0.15, 0.2) is 5.76 Å². The van der Waals surface area contributed by atoms with Crippen molar-refractivity contribution >= 4 is 11.8 Å². The molecular weight excluding hydrogens is 351 g/mol. The molecule has 0 atom stereocenters. The van der Waals surface area contributed by atoms with E-state index in [2.05, 4.69) is 15.7 Å². The van der Waals surface area contributed by atoms with Gasteiger partial charge in [-0.25, -0.2) is 9.07 Å². The van der Waals surface area contributed by atoms with Crippen LogP contribution in [0.15, 0.2) is 53.3 Å². The number of hydrogen-bond donors (Lipinski definition) is 2. The van der Waals surface area contributed by atoms with Gasteiger partial charge in [-0.3, -0.25) is 9.59 Å². The Balaban J connectivity index is 1.60. The summed E-state index contributed by atoms with van der Waals surface area (Å²) in [5.74, 6) is -0.742. The molecule has 3 aromatic rings. The van der Waals surface area contributed by atoms with Gasteiger partial charge in [0.05, 0.1) is 29.4 Å². The first-order valence-corrected chi connectivity index (χ1v) is 8.53. The molecule has 0 radical (unpaired) electrons. The van der Waals surface area contributed by atoms with Crippen molar-refractivity contribution < 1.29 is 18.4 Å². The standard InChI is InChI=1S/C19H19FN4O3/c1-2-16-15(12-23-24(16)14-7-5-13(20)6-8-14)18(25)21-9-10-22-19(26)17-4-3-11-27-17/h3-8,11-12H,2,9-10H2,1H3,(H,21,25)(H,22,26). The topological polar surface area (TPSA) is 89.2 Å². The lowest BCUT2D eigenvalue weighted by molar-refractivity contribution is 0.0910. The Morgan fingerprint density at radius 2 is 1.81 bits per heavy atom. The summed E-state index contributed by atoms with van der Waals surface area (Å²) in [5, 5.41) is 9.65. The molecule has 27 heavy (non-hydrogen) atoms. The van der Waals surface area contributed by atoms with Crippen molar-refractivity contribution in [1.29, 1.82) is 0 Å². The number of rotatable bonds is 7. The van der Waals surface area contributed by atoms with E-state index < -0.39 is 0 Å². The zero-order valence-electron chi connectivity index (χ0n) is 14.7. The van der Waals surface area contributed by atoms with Crippen LogP contribution in [0.5, 0.6) is 0 Å². The number of carbonyl (C=O) groups excluding carboxylic acids is 2. The van der Waals surface area contributed by atoms with Gasteiger partial charge in [-0.2, -0.15) is 5.10 Å². The van der Waals surface area contributed by atoms with Crippen molar-refractivity contribution in [3.8, 4) is 5.69 Å². The van der Waals surface area contributed by atoms with E-state index in [9.17, 15) is 14.0 Å². The van der Waals surface area contributed by atoms with Crippen LogP contribution in [0.1, 0.15) is 33.5 Å². The average molecular weight is 370 g/mol. The largest absolute Gasteiger partial charge is 0.459 e. The van der Waals surface area contributed by atoms with Crippen molar-refractivity contribution in [3.05, 3.63) is 71.7 Å². The number of benzene rings is 1. The van der Waals surface area contributed by atoms with E-state index in [0.29, 0.717) is 17.7 Å². The number of nitrogens with zero attached hydrogens (tertiary/aromatic N) is 2. The highest BCUT2D eigenvalue weighted by atomic mass is 19.1. The minimum absolute atomic E-state index is 0.218. The summed E-state index contributed by atoms with van der Waals surface area (Å²) < 4.78 is 19.7. The van der Waals surface area contributed by atoms with Gasteiger partial charge in [-0.15, -0.1) is 0 Å². The minimum atomic E-state index is -0.340. The molecule has 8 heteroatoms. The highest BCUT2D eigenvalue weighted by Crippen LogP contribution is 2.16. The number of halogens is 1. The number of carbonyl (C=O) groups is 2. The molecule has 7 nitrogen and oxygen atoms in total. The fraction of sp³-hybridized carbons (Fsp3) is 0.211. The summed E-state index contributed by atoms with van der Waals surface area (Å²) in [5.41, 5.74) is 1.84. The molecule has 0 aliphatic carbocycles. The van der Waals surface area contributed by atoms with Gasteiger partial charge < -0.3 is 15.1 Å². The van der Waals surface area contributed by atoms with Crippen molar-refractivity contribution in [2.24, 2.45) is 0 Å². The Kier molecular flexibility index (Phi) is 5.65. The van der Waals surface area contributed by atoms with Crippen LogP contribution in [-0.4, -0.2) is 34.7 Å². The Morgan fingerprint density at radius 3 is 2.44 bits per heavy atom. The van der Waals surface area contributed by atoms with Crippen LogP contribution in [0.2, 0.25) is 0 Å². The van der Waals surface area contributed by atoms with E-state index in [0.717, 1.165) is 5.69 Å². The number of hydrogen-bond acceptors (Lipinski definition) is 4. The molecule has 140 valence electrons. The van der Waals surface area contributed by atoms with Crippen LogP contribution in [0, 0.1) is 5.82 Å². The third kappa shape index (κ3) is 4.22. The third-order valence-corrected chi connectivity index (χ3v) is 3.96. The molecule has 2 N–H and O–H groups in total. The van der Waals surface area contributed by atoms with Crippen LogP contribution < -0.4 is 10.6 Å². The number of amides is 2. The second-order valence-electron chi connectivity index (χ2n) is 5.74. The zero-order chi connectivity index (χ0) is 19.2. The predicted octanol–water partition coefficient (Wildman–Crippen LogP) is 2.33. The molecule has 2 aromatic heterocycles. The van der Waals surface area contributed by atoms with E-state index in [-0.39, 0.29) is 36.5 Å². The summed E-state index contributed by atoms with van der Waals surface area (Å²) in [4.78, 5) is 24.2. The summed E-state index contributed by atoms with van der Waals surface area (Å²) in [6, 6.07) is 9.09. The second kappa shape index (κ2) is 8.31. The van der Waals surface area contributed by atoms with Gasteiger partial charge >= 0.3 is 0 Å². The summed E-state index contributed by atoms with van der Waals surface area (Å²) in [6.07, 6.45) is 3.48. The molecule has 3 rings (SSSR count). The smallest absolute Gasteiger partial charge is 0.287 e. The predicted molar refractivity (Wildman–Crippen MR) is 96.3 cm³/mol. The van der Waals surface area contributed by atoms with E-state index in [1.165, 1.54) is 24.6 Å². The van der Waals surface area contributed by atoms with Crippen LogP contribution in [0.3, 0.4) is 0 Å². The molecule has 0 bridgehead atoms.